The van der Waals surface area contributed by atoms with Crippen LogP contribution in [0.25, 0.3) is 0 Å². The first-order chi connectivity index (χ1) is 9.82. The molecule has 124 valence electrons. The molecule has 0 spiro atoms. The zero-order valence-electron chi connectivity index (χ0n) is 14.8. The maximum Gasteiger partial charge on any atom is 0.128 e. The molecular weight excluding hydrogens is 278 g/mol. The molecule has 0 aliphatic carbocycles. The number of carboxylic acids is 1. The molecule has 0 bridgehead atoms. The van der Waals surface area contributed by atoms with Gasteiger partial charge >= 0.3 is 0 Å². The van der Waals surface area contributed by atoms with Crippen molar-refractivity contribution in [3.05, 3.63) is 28.8 Å². The smallest absolute Gasteiger partial charge is 0.128 e. The van der Waals surface area contributed by atoms with Gasteiger partial charge in [0, 0.05) is 11.1 Å². The van der Waals surface area contributed by atoms with Crippen LogP contribution in [-0.4, -0.2) is 24.7 Å². The Balaban J connectivity index is 3.34. The molecule has 1 unspecified atom stereocenters. The predicted molar refractivity (Wildman–Crippen MR) is 86.0 cm³/mol. The molecule has 1 aromatic carbocycles. The van der Waals surface area contributed by atoms with Crippen molar-refractivity contribution in [3.63, 3.8) is 0 Å². The van der Waals surface area contributed by atoms with Crippen molar-refractivity contribution in [1.82, 2.24) is 0 Å². The third kappa shape index (κ3) is 4.73. The first-order valence-electron chi connectivity index (χ1n) is 7.70. The van der Waals surface area contributed by atoms with Crippen LogP contribution in [0.15, 0.2) is 12.1 Å². The first kappa shape index (κ1) is 18.5. The number of phenolic OH excluding ortho intramolecular Hbond substituents is 1. The van der Waals surface area contributed by atoms with Crippen molar-refractivity contribution >= 4 is 5.97 Å². The second-order valence-electron chi connectivity index (χ2n) is 8.21. The average molecular weight is 307 g/mol. The lowest BCUT2D eigenvalue weighted by Crippen LogP contribution is -3.09. The van der Waals surface area contributed by atoms with Gasteiger partial charge < -0.3 is 19.9 Å². The molecule has 0 saturated heterocycles. The molecule has 2 N–H and O–H groups in total. The highest BCUT2D eigenvalue weighted by Crippen LogP contribution is 2.37. The minimum atomic E-state index is -1.08. The van der Waals surface area contributed by atoms with Crippen molar-refractivity contribution in [2.24, 2.45) is 0 Å². The summed E-state index contributed by atoms with van der Waals surface area (Å²) in [6.45, 7) is 13.0. The van der Waals surface area contributed by atoms with E-state index >= 15 is 0 Å². The maximum absolute atomic E-state index is 10.7. The fourth-order valence-electron chi connectivity index (χ4n) is 2.47. The van der Waals surface area contributed by atoms with E-state index in [1.165, 1.54) is 0 Å². The van der Waals surface area contributed by atoms with Crippen LogP contribution < -0.4 is 10.0 Å². The number of nitrogens with one attached hydrogen (secondary N) is 1. The van der Waals surface area contributed by atoms with Gasteiger partial charge in [0.1, 0.15) is 18.8 Å². The Hall–Kier alpha value is -1.55. The van der Waals surface area contributed by atoms with Crippen LogP contribution in [0.3, 0.4) is 0 Å². The lowest BCUT2D eigenvalue weighted by molar-refractivity contribution is -0.888. The van der Waals surface area contributed by atoms with Gasteiger partial charge in [0.05, 0.1) is 13.0 Å². The van der Waals surface area contributed by atoms with Crippen LogP contribution in [0.5, 0.6) is 5.75 Å². The summed E-state index contributed by atoms with van der Waals surface area (Å²) in [5, 5.41) is 21.4. The molecule has 0 aromatic heterocycles. The number of carboxylic acid groups (broad SMARTS) is 1. The van der Waals surface area contributed by atoms with Gasteiger partial charge in [-0.3, -0.25) is 0 Å². The minimum Gasteiger partial charge on any atom is -0.544 e. The van der Waals surface area contributed by atoms with Gasteiger partial charge in [0.25, 0.3) is 0 Å². The fraction of sp³-hybridized carbons (Fsp3) is 0.611. The Bertz CT molecular complexity index is 551. The normalized spacial score (nSPS) is 14.0. The average Bonchev–Trinajstić information content (AvgIpc) is 2.27. The second-order valence-corrected chi connectivity index (χ2v) is 8.21. The van der Waals surface area contributed by atoms with Crippen LogP contribution in [0.2, 0.25) is 0 Å². The van der Waals surface area contributed by atoms with Gasteiger partial charge in [-0.1, -0.05) is 47.6 Å². The summed E-state index contributed by atoms with van der Waals surface area (Å²) in [4.78, 5) is 11.5. The third-order valence-electron chi connectivity index (χ3n) is 3.80. The number of likely N-dealkylation sites (N-methyl/N-ethyl adjacent to an activating group) is 1. The van der Waals surface area contributed by atoms with E-state index in [9.17, 15) is 15.0 Å². The molecule has 4 heteroatoms. The van der Waals surface area contributed by atoms with Crippen molar-refractivity contribution in [1.29, 1.82) is 0 Å². The van der Waals surface area contributed by atoms with E-state index in [4.69, 9.17) is 0 Å². The number of hydrogen-bond donors (Lipinski definition) is 2. The number of carbonyl (C=O) groups is 1. The quantitative estimate of drug-likeness (QED) is 0.863. The molecule has 0 fully saturated rings. The van der Waals surface area contributed by atoms with E-state index in [0.29, 0.717) is 6.54 Å². The number of benzene rings is 1. The van der Waals surface area contributed by atoms with E-state index in [2.05, 4.69) is 47.6 Å². The van der Waals surface area contributed by atoms with E-state index < -0.39 is 5.97 Å². The summed E-state index contributed by atoms with van der Waals surface area (Å²) in [6, 6.07) is 4.05. The summed E-state index contributed by atoms with van der Waals surface area (Å²) in [7, 11) is 1.79. The monoisotopic (exact) mass is 307 g/mol. The number of hydrogen-bond acceptors (Lipinski definition) is 3. The Morgan fingerprint density at radius 1 is 1.14 bits per heavy atom. The van der Waals surface area contributed by atoms with Gasteiger partial charge in [-0.15, -0.1) is 0 Å². The van der Waals surface area contributed by atoms with Gasteiger partial charge in [-0.05, 0) is 22.5 Å². The number of phenols is 1. The number of aromatic hydroxyl groups is 1. The van der Waals surface area contributed by atoms with Crippen LogP contribution in [0.1, 0.15) is 58.2 Å². The number of aliphatic carboxylic acids is 1. The fourth-order valence-corrected chi connectivity index (χ4v) is 2.47. The molecule has 0 heterocycles. The molecule has 0 aliphatic heterocycles. The van der Waals surface area contributed by atoms with Gasteiger partial charge in [0.15, 0.2) is 0 Å². The minimum absolute atomic E-state index is 0.0370. The van der Waals surface area contributed by atoms with E-state index in [0.717, 1.165) is 21.6 Å². The molecular formula is C18H29NO3. The van der Waals surface area contributed by atoms with Crippen LogP contribution in [0.4, 0.5) is 0 Å². The van der Waals surface area contributed by atoms with Crippen molar-refractivity contribution in [2.75, 3.05) is 13.6 Å². The topological polar surface area (TPSA) is 64.8 Å². The molecule has 1 aromatic rings. The molecule has 0 saturated carbocycles. The van der Waals surface area contributed by atoms with Crippen LogP contribution >= 0.6 is 0 Å². The highest BCUT2D eigenvalue weighted by Gasteiger charge is 2.25. The highest BCUT2D eigenvalue weighted by molar-refractivity contribution is 5.65. The van der Waals surface area contributed by atoms with E-state index in [1.54, 1.807) is 7.05 Å². The predicted octanol–water partition coefficient (Wildman–Crippen LogP) is 0.752. The zero-order valence-corrected chi connectivity index (χ0v) is 14.8. The molecule has 0 radical (unpaired) electrons. The maximum atomic E-state index is 10.7. The van der Waals surface area contributed by atoms with E-state index in [1.807, 2.05) is 6.07 Å². The Morgan fingerprint density at radius 2 is 1.68 bits per heavy atom. The standard InChI is InChI=1S/C18H29NO3/c1-17(2,3)13-8-12(10-19(7)11-15(20)21)16(22)14(9-13)18(4,5)6/h8-9,22H,10-11H2,1-7H3,(H,20,21). The SMILES string of the molecule is C[NH+](CC(=O)[O-])Cc1cc(C(C)(C)C)cc(C(C)(C)C)c1O. The third-order valence-corrected chi connectivity index (χ3v) is 3.80. The van der Waals surface area contributed by atoms with Crippen molar-refractivity contribution in [3.8, 4) is 5.75 Å². The lowest BCUT2D eigenvalue weighted by atomic mass is 9.79. The van der Waals surface area contributed by atoms with Gasteiger partial charge in [0.2, 0.25) is 0 Å². The van der Waals surface area contributed by atoms with Crippen molar-refractivity contribution in [2.45, 2.75) is 58.9 Å². The molecule has 1 rings (SSSR count). The number of rotatable bonds is 4. The summed E-state index contributed by atoms with van der Waals surface area (Å²) in [5.41, 5.74) is 2.62. The second kappa shape index (κ2) is 6.29. The molecule has 0 aliphatic rings. The van der Waals surface area contributed by atoms with E-state index in [-0.39, 0.29) is 23.1 Å². The summed E-state index contributed by atoms with van der Waals surface area (Å²) in [6.07, 6.45) is 0. The largest absolute Gasteiger partial charge is 0.544 e. The van der Waals surface area contributed by atoms with Gasteiger partial charge in [-0.2, -0.15) is 0 Å². The molecule has 4 nitrogen and oxygen atoms in total. The Labute approximate surface area is 133 Å². The highest BCUT2D eigenvalue weighted by atomic mass is 16.4. The summed E-state index contributed by atoms with van der Waals surface area (Å²) >= 11 is 0. The molecule has 0 amide bonds. The number of quaternary nitrogens is 1. The van der Waals surface area contributed by atoms with Crippen LogP contribution in [0, 0.1) is 0 Å². The number of carbonyl (C=O) groups excluding carboxylic acids is 1. The first-order valence-corrected chi connectivity index (χ1v) is 7.70. The lowest BCUT2D eigenvalue weighted by Gasteiger charge is -2.28. The van der Waals surface area contributed by atoms with Crippen molar-refractivity contribution < 1.29 is 19.9 Å². The Morgan fingerprint density at radius 3 is 2.09 bits per heavy atom. The molecule has 22 heavy (non-hydrogen) atoms. The zero-order chi connectivity index (χ0) is 17.3. The molecule has 1 atom stereocenters. The summed E-state index contributed by atoms with van der Waals surface area (Å²) < 4.78 is 0. The Kier molecular flexibility index (Phi) is 5.29. The summed E-state index contributed by atoms with van der Waals surface area (Å²) in [5.74, 6) is -0.807. The van der Waals surface area contributed by atoms with Crippen LogP contribution in [-0.2, 0) is 22.2 Å². The van der Waals surface area contributed by atoms with Gasteiger partial charge in [-0.25, -0.2) is 0 Å².